The highest BCUT2D eigenvalue weighted by Crippen LogP contribution is 2.31. The smallest absolute Gasteiger partial charge is 0.115 e. The first-order chi connectivity index (χ1) is 15.9. The Hall–Kier alpha value is -3.10. The van der Waals surface area contributed by atoms with Crippen molar-refractivity contribution in [3.63, 3.8) is 0 Å². The molecule has 3 heteroatoms. The Bertz CT molecular complexity index is 1340. The molecule has 0 atom stereocenters. The molecule has 0 unspecified atom stereocenters. The zero-order valence-electron chi connectivity index (χ0n) is 19.6. The zero-order chi connectivity index (χ0) is 23.5. The van der Waals surface area contributed by atoms with Crippen molar-refractivity contribution in [1.82, 2.24) is 4.98 Å². The van der Waals surface area contributed by atoms with Gasteiger partial charge in [0.15, 0.2) is 0 Å². The summed E-state index contributed by atoms with van der Waals surface area (Å²) in [6.07, 6.45) is 4.11. The third-order valence-electron chi connectivity index (χ3n) is 6.24. The summed E-state index contributed by atoms with van der Waals surface area (Å²) in [5, 5.41) is 11.5. The Morgan fingerprint density at radius 3 is 2.52 bits per heavy atom. The Morgan fingerprint density at radius 2 is 1.76 bits per heavy atom. The highest BCUT2D eigenvalue weighted by Gasteiger charge is 2.13. The number of allylic oxidation sites excluding steroid dienone is 1. The normalized spacial score (nSPS) is 11.2. The van der Waals surface area contributed by atoms with Crippen LogP contribution >= 0.6 is 11.6 Å². The maximum atomic E-state index is 9.75. The molecule has 1 aromatic heterocycles. The van der Waals surface area contributed by atoms with Crippen LogP contribution in [-0.2, 0) is 12.8 Å². The van der Waals surface area contributed by atoms with Gasteiger partial charge in [-0.25, -0.2) is 4.98 Å². The van der Waals surface area contributed by atoms with E-state index < -0.39 is 0 Å². The van der Waals surface area contributed by atoms with Gasteiger partial charge in [0, 0.05) is 16.0 Å². The molecule has 0 saturated carbocycles. The summed E-state index contributed by atoms with van der Waals surface area (Å²) in [4.78, 5) is 4.97. The largest absolute Gasteiger partial charge is 0.508 e. The number of aryl methyl sites for hydroxylation is 3. The lowest BCUT2D eigenvalue weighted by Crippen LogP contribution is -2.00. The van der Waals surface area contributed by atoms with Gasteiger partial charge < -0.3 is 5.11 Å². The molecule has 4 aromatic rings. The number of aromatic nitrogens is 1. The van der Waals surface area contributed by atoms with E-state index in [-0.39, 0.29) is 5.75 Å². The molecular weight excluding hydrogens is 426 g/mol. The molecule has 0 aliphatic carbocycles. The van der Waals surface area contributed by atoms with Gasteiger partial charge in [-0.3, -0.25) is 0 Å². The maximum Gasteiger partial charge on any atom is 0.115 e. The fraction of sp³-hybridized carbons (Fsp3) is 0.233. The van der Waals surface area contributed by atoms with E-state index in [4.69, 9.17) is 16.6 Å². The predicted molar refractivity (Wildman–Crippen MR) is 141 cm³/mol. The average Bonchev–Trinajstić information content (AvgIpc) is 2.77. The quantitative estimate of drug-likeness (QED) is 0.303. The van der Waals surface area contributed by atoms with Gasteiger partial charge in [0.2, 0.25) is 0 Å². The zero-order valence-corrected chi connectivity index (χ0v) is 20.3. The van der Waals surface area contributed by atoms with Crippen LogP contribution in [0.4, 0.5) is 0 Å². The summed E-state index contributed by atoms with van der Waals surface area (Å²) in [5.74, 6) is 0.289. The lowest BCUT2D eigenvalue weighted by Gasteiger charge is -2.16. The van der Waals surface area contributed by atoms with Crippen molar-refractivity contribution in [1.29, 1.82) is 0 Å². The number of pyridine rings is 1. The number of hydrogen-bond donors (Lipinski definition) is 1. The van der Waals surface area contributed by atoms with E-state index in [9.17, 15) is 5.11 Å². The predicted octanol–water partition coefficient (Wildman–Crippen LogP) is 8.48. The molecule has 0 aliphatic heterocycles. The number of rotatable bonds is 7. The minimum Gasteiger partial charge on any atom is -0.508 e. The third-order valence-corrected chi connectivity index (χ3v) is 6.48. The molecule has 0 saturated heterocycles. The number of fused-ring (bicyclic) bond motifs is 1. The monoisotopic (exact) mass is 455 g/mol. The summed E-state index contributed by atoms with van der Waals surface area (Å²) in [5.41, 5.74) is 10.1. The van der Waals surface area contributed by atoms with Crippen LogP contribution in [0.3, 0.4) is 0 Å². The van der Waals surface area contributed by atoms with Gasteiger partial charge in [-0.1, -0.05) is 49.7 Å². The molecule has 1 N–H and O–H groups in total. The number of halogens is 1. The molecule has 4 rings (SSSR count). The van der Waals surface area contributed by atoms with Gasteiger partial charge in [0.25, 0.3) is 0 Å². The fourth-order valence-corrected chi connectivity index (χ4v) is 4.64. The van der Waals surface area contributed by atoms with Gasteiger partial charge >= 0.3 is 0 Å². The first-order valence-corrected chi connectivity index (χ1v) is 11.9. The van der Waals surface area contributed by atoms with E-state index in [2.05, 4.69) is 44.7 Å². The minimum atomic E-state index is 0.289. The van der Waals surface area contributed by atoms with Crippen LogP contribution in [0.15, 0.2) is 67.2 Å². The molecule has 0 fully saturated rings. The van der Waals surface area contributed by atoms with Gasteiger partial charge in [-0.15, -0.1) is 0 Å². The third kappa shape index (κ3) is 5.12. The van der Waals surface area contributed by atoms with Crippen LogP contribution in [0, 0.1) is 13.8 Å². The first kappa shape index (κ1) is 23.1. The first-order valence-electron chi connectivity index (χ1n) is 11.5. The van der Waals surface area contributed by atoms with Crippen LogP contribution in [0.5, 0.6) is 5.75 Å². The second-order valence-corrected chi connectivity index (χ2v) is 9.29. The Balaban J connectivity index is 1.71. The number of aromatic hydroxyl groups is 1. The second-order valence-electron chi connectivity index (χ2n) is 8.86. The number of phenols is 1. The second kappa shape index (κ2) is 9.80. The standard InChI is InChI=1S/C30H30ClNO/c1-5-6-7-22-17-24(30-21(4)15-25-18-26(31)10-13-29(25)32-30)9-8-23(22)14-19(2)28-12-11-27(33)16-20(28)3/h8-13,15-18,33H,2,5-7,14H2,1,3-4H3. The fourth-order valence-electron chi connectivity index (χ4n) is 4.46. The van der Waals surface area contributed by atoms with E-state index in [1.54, 1.807) is 12.1 Å². The molecule has 0 radical (unpaired) electrons. The highest BCUT2D eigenvalue weighted by molar-refractivity contribution is 6.31. The molecule has 0 aliphatic rings. The van der Waals surface area contributed by atoms with Crippen LogP contribution in [0.25, 0.3) is 27.7 Å². The number of hydrogen-bond acceptors (Lipinski definition) is 2. The van der Waals surface area contributed by atoms with Crippen molar-refractivity contribution in [2.24, 2.45) is 0 Å². The van der Waals surface area contributed by atoms with Crippen LogP contribution in [0.1, 0.15) is 47.6 Å². The number of unbranched alkanes of at least 4 members (excludes halogenated alkanes) is 1. The van der Waals surface area contributed by atoms with Crippen LogP contribution in [-0.4, -0.2) is 10.1 Å². The maximum absolute atomic E-state index is 9.75. The summed E-state index contributed by atoms with van der Waals surface area (Å²) < 4.78 is 0. The Morgan fingerprint density at radius 1 is 0.939 bits per heavy atom. The lowest BCUT2D eigenvalue weighted by atomic mass is 9.90. The molecule has 0 amide bonds. The van der Waals surface area contributed by atoms with Crippen molar-refractivity contribution in [2.75, 3.05) is 0 Å². The van der Waals surface area contributed by atoms with E-state index in [0.717, 1.165) is 75.1 Å². The molecule has 168 valence electrons. The number of benzene rings is 3. The summed E-state index contributed by atoms with van der Waals surface area (Å²) in [6, 6.07) is 20.2. The van der Waals surface area contributed by atoms with E-state index >= 15 is 0 Å². The molecule has 3 aromatic carbocycles. The Labute approximate surface area is 201 Å². The van der Waals surface area contributed by atoms with Crippen molar-refractivity contribution >= 4 is 28.1 Å². The summed E-state index contributed by atoms with van der Waals surface area (Å²) in [6.45, 7) is 10.7. The molecule has 2 nitrogen and oxygen atoms in total. The van der Waals surface area contributed by atoms with Gasteiger partial charge in [-0.2, -0.15) is 0 Å². The SMILES string of the molecule is C=C(Cc1ccc(-c2nc3ccc(Cl)cc3cc2C)cc1CCCC)c1ccc(O)cc1C. The number of nitrogens with zero attached hydrogens (tertiary/aromatic N) is 1. The Kier molecular flexibility index (Phi) is 6.85. The molecule has 0 spiro atoms. The minimum absolute atomic E-state index is 0.289. The van der Waals surface area contributed by atoms with Crippen molar-refractivity contribution in [2.45, 2.75) is 46.5 Å². The highest BCUT2D eigenvalue weighted by atomic mass is 35.5. The van der Waals surface area contributed by atoms with Gasteiger partial charge in [0.1, 0.15) is 5.75 Å². The van der Waals surface area contributed by atoms with Gasteiger partial charge in [0.05, 0.1) is 11.2 Å². The van der Waals surface area contributed by atoms with E-state index in [0.29, 0.717) is 0 Å². The molecule has 33 heavy (non-hydrogen) atoms. The van der Waals surface area contributed by atoms with E-state index in [1.807, 2.05) is 31.2 Å². The van der Waals surface area contributed by atoms with Crippen LogP contribution in [0.2, 0.25) is 5.02 Å². The number of phenolic OH excluding ortho intramolecular Hbond substituents is 1. The lowest BCUT2D eigenvalue weighted by molar-refractivity contribution is 0.475. The average molecular weight is 456 g/mol. The summed E-state index contributed by atoms with van der Waals surface area (Å²) >= 11 is 6.17. The van der Waals surface area contributed by atoms with Crippen LogP contribution < -0.4 is 0 Å². The van der Waals surface area contributed by atoms with Crippen molar-refractivity contribution < 1.29 is 5.11 Å². The molecule has 0 bridgehead atoms. The van der Waals surface area contributed by atoms with E-state index in [1.165, 1.54) is 11.1 Å². The van der Waals surface area contributed by atoms with Crippen molar-refractivity contribution in [3.05, 3.63) is 100 Å². The molecule has 1 heterocycles. The molecular formula is C30H30ClNO. The summed E-state index contributed by atoms with van der Waals surface area (Å²) in [7, 11) is 0. The topological polar surface area (TPSA) is 33.1 Å². The van der Waals surface area contributed by atoms with Gasteiger partial charge in [-0.05, 0) is 109 Å². The van der Waals surface area contributed by atoms with Crippen molar-refractivity contribution in [3.8, 4) is 17.0 Å².